The molecule has 1 fully saturated rings. The number of terminal acetylenes is 1. The van der Waals surface area contributed by atoms with Crippen LogP contribution >= 0.6 is 11.3 Å². The number of aromatic nitrogens is 1. The number of morpholine rings is 1. The van der Waals surface area contributed by atoms with Gasteiger partial charge in [0.1, 0.15) is 12.4 Å². The Morgan fingerprint density at radius 1 is 1.39 bits per heavy atom. The number of fused-ring (bicyclic) bond motifs is 1. The SMILES string of the molecule is C#CCOc1cc([C@@H]2CC(=O)Nc3nc(N4CCOCC4)sc32)ccc1OC. The molecule has 1 saturated heterocycles. The van der Waals surface area contributed by atoms with Crippen LogP contribution in [0.15, 0.2) is 18.2 Å². The van der Waals surface area contributed by atoms with Crippen molar-refractivity contribution in [2.24, 2.45) is 0 Å². The molecule has 0 spiro atoms. The van der Waals surface area contributed by atoms with Gasteiger partial charge in [-0.3, -0.25) is 4.79 Å². The summed E-state index contributed by atoms with van der Waals surface area (Å²) in [5.74, 6) is 4.16. The van der Waals surface area contributed by atoms with Gasteiger partial charge in [-0.2, -0.15) is 0 Å². The predicted molar refractivity (Wildman–Crippen MR) is 108 cm³/mol. The summed E-state index contributed by atoms with van der Waals surface area (Å²) in [5.41, 5.74) is 0.973. The van der Waals surface area contributed by atoms with Crippen molar-refractivity contribution in [3.05, 3.63) is 28.6 Å². The number of carbonyl (C=O) groups is 1. The number of nitrogens with zero attached hydrogens (tertiary/aromatic N) is 2. The number of nitrogens with one attached hydrogen (secondary N) is 1. The van der Waals surface area contributed by atoms with E-state index in [-0.39, 0.29) is 18.4 Å². The number of hydrogen-bond donors (Lipinski definition) is 1. The third-order valence-corrected chi connectivity index (χ3v) is 6.02. The highest BCUT2D eigenvalue weighted by Gasteiger charge is 2.32. The second-order valence-electron chi connectivity index (χ2n) is 6.52. The maximum Gasteiger partial charge on any atom is 0.226 e. The second-order valence-corrected chi connectivity index (χ2v) is 7.53. The fraction of sp³-hybridized carbons (Fsp3) is 0.400. The molecule has 4 rings (SSSR count). The molecule has 28 heavy (non-hydrogen) atoms. The van der Waals surface area contributed by atoms with Gasteiger partial charge in [0.15, 0.2) is 16.6 Å². The normalized spacial score (nSPS) is 18.8. The number of hydrogen-bond acceptors (Lipinski definition) is 7. The van der Waals surface area contributed by atoms with Crippen molar-refractivity contribution in [2.45, 2.75) is 12.3 Å². The number of thiazole rings is 1. The molecule has 0 bridgehead atoms. The van der Waals surface area contributed by atoms with Gasteiger partial charge < -0.3 is 24.4 Å². The Morgan fingerprint density at radius 3 is 2.96 bits per heavy atom. The first-order valence-electron chi connectivity index (χ1n) is 9.07. The largest absolute Gasteiger partial charge is 0.493 e. The van der Waals surface area contributed by atoms with Crippen molar-refractivity contribution < 1.29 is 19.0 Å². The van der Waals surface area contributed by atoms with E-state index < -0.39 is 0 Å². The molecule has 0 radical (unpaired) electrons. The first-order chi connectivity index (χ1) is 13.7. The Kier molecular flexibility index (Phi) is 5.37. The summed E-state index contributed by atoms with van der Waals surface area (Å²) in [4.78, 5) is 20.2. The van der Waals surface area contributed by atoms with E-state index >= 15 is 0 Å². The first-order valence-corrected chi connectivity index (χ1v) is 9.88. The van der Waals surface area contributed by atoms with Gasteiger partial charge >= 0.3 is 0 Å². The minimum atomic E-state index is -0.0878. The molecule has 0 saturated carbocycles. The van der Waals surface area contributed by atoms with Gasteiger partial charge in [0.25, 0.3) is 0 Å². The molecular formula is C20H21N3O4S. The van der Waals surface area contributed by atoms with Gasteiger partial charge in [-0.05, 0) is 17.7 Å². The summed E-state index contributed by atoms with van der Waals surface area (Å²) >= 11 is 1.62. The average molecular weight is 399 g/mol. The summed E-state index contributed by atoms with van der Waals surface area (Å²) in [5, 5.41) is 3.83. The number of benzene rings is 1. The van der Waals surface area contributed by atoms with Crippen LogP contribution in [0, 0.1) is 12.3 Å². The van der Waals surface area contributed by atoms with Crippen molar-refractivity contribution >= 4 is 28.2 Å². The fourth-order valence-corrected chi connectivity index (χ4v) is 4.61. The summed E-state index contributed by atoms with van der Waals surface area (Å²) in [7, 11) is 1.59. The number of anilines is 2. The zero-order valence-electron chi connectivity index (χ0n) is 15.6. The summed E-state index contributed by atoms with van der Waals surface area (Å²) in [6.45, 7) is 3.13. The van der Waals surface area contributed by atoms with E-state index in [1.165, 1.54) is 0 Å². The lowest BCUT2D eigenvalue weighted by atomic mass is 9.91. The number of rotatable bonds is 5. The lowest BCUT2D eigenvalue weighted by molar-refractivity contribution is -0.116. The Bertz CT molecular complexity index is 915. The van der Waals surface area contributed by atoms with Crippen molar-refractivity contribution in [3.8, 4) is 23.8 Å². The molecule has 8 heteroatoms. The highest BCUT2D eigenvalue weighted by Crippen LogP contribution is 2.44. The van der Waals surface area contributed by atoms with E-state index in [9.17, 15) is 4.79 Å². The average Bonchev–Trinajstić information content (AvgIpc) is 3.16. The van der Waals surface area contributed by atoms with E-state index in [2.05, 4.69) is 21.1 Å². The molecule has 2 aliphatic heterocycles. The first kappa shape index (κ1) is 18.6. The number of amides is 1. The summed E-state index contributed by atoms with van der Waals surface area (Å²) in [6, 6.07) is 5.71. The van der Waals surface area contributed by atoms with Gasteiger partial charge in [0.2, 0.25) is 5.91 Å². The monoisotopic (exact) mass is 399 g/mol. The maximum absolute atomic E-state index is 12.3. The third-order valence-electron chi connectivity index (χ3n) is 4.79. The topological polar surface area (TPSA) is 72.9 Å². The molecule has 146 valence electrons. The van der Waals surface area contributed by atoms with Crippen LogP contribution in [0.2, 0.25) is 0 Å². The molecule has 1 N–H and O–H groups in total. The molecule has 0 aliphatic carbocycles. The number of ether oxygens (including phenoxy) is 3. The smallest absolute Gasteiger partial charge is 0.226 e. The minimum Gasteiger partial charge on any atom is -0.493 e. The van der Waals surface area contributed by atoms with Crippen molar-refractivity contribution in [1.82, 2.24) is 4.98 Å². The molecule has 2 aliphatic rings. The molecular weight excluding hydrogens is 378 g/mol. The van der Waals surface area contributed by atoms with Gasteiger partial charge in [-0.25, -0.2) is 4.98 Å². The van der Waals surface area contributed by atoms with Crippen LogP contribution in [-0.2, 0) is 9.53 Å². The van der Waals surface area contributed by atoms with Crippen molar-refractivity contribution in [2.75, 3.05) is 50.2 Å². The van der Waals surface area contributed by atoms with Gasteiger partial charge in [-0.15, -0.1) is 6.42 Å². The van der Waals surface area contributed by atoms with Crippen molar-refractivity contribution in [3.63, 3.8) is 0 Å². The van der Waals surface area contributed by atoms with E-state index in [1.54, 1.807) is 18.4 Å². The third kappa shape index (κ3) is 3.63. The van der Waals surface area contributed by atoms with Crippen LogP contribution in [-0.4, -0.2) is 50.9 Å². The zero-order chi connectivity index (χ0) is 19.5. The minimum absolute atomic E-state index is 0.0433. The Morgan fingerprint density at radius 2 is 2.21 bits per heavy atom. The van der Waals surface area contributed by atoms with Crippen LogP contribution in [0.25, 0.3) is 0 Å². The highest BCUT2D eigenvalue weighted by molar-refractivity contribution is 7.16. The quantitative estimate of drug-likeness (QED) is 0.779. The molecule has 1 aromatic heterocycles. The van der Waals surface area contributed by atoms with E-state index in [1.807, 2.05) is 18.2 Å². The molecule has 3 heterocycles. The van der Waals surface area contributed by atoms with Gasteiger partial charge in [0, 0.05) is 25.4 Å². The van der Waals surface area contributed by atoms with Crippen LogP contribution in [0.5, 0.6) is 11.5 Å². The van der Waals surface area contributed by atoms with Crippen LogP contribution in [0.3, 0.4) is 0 Å². The van der Waals surface area contributed by atoms with E-state index in [4.69, 9.17) is 20.6 Å². The molecule has 1 atom stereocenters. The second kappa shape index (κ2) is 8.09. The molecule has 1 amide bonds. The van der Waals surface area contributed by atoms with E-state index in [0.29, 0.717) is 37.0 Å². The van der Waals surface area contributed by atoms with Crippen LogP contribution in [0.1, 0.15) is 22.8 Å². The zero-order valence-corrected chi connectivity index (χ0v) is 16.4. The van der Waals surface area contributed by atoms with Gasteiger partial charge in [0.05, 0.1) is 25.2 Å². The lowest BCUT2D eigenvalue weighted by Crippen LogP contribution is -2.36. The number of methoxy groups -OCH3 is 1. The fourth-order valence-electron chi connectivity index (χ4n) is 3.41. The van der Waals surface area contributed by atoms with Gasteiger partial charge in [-0.1, -0.05) is 23.3 Å². The Hall–Kier alpha value is -2.76. The van der Waals surface area contributed by atoms with Crippen molar-refractivity contribution in [1.29, 1.82) is 0 Å². The molecule has 2 aromatic rings. The van der Waals surface area contributed by atoms with E-state index in [0.717, 1.165) is 28.7 Å². The van der Waals surface area contributed by atoms with Crippen LogP contribution in [0.4, 0.5) is 10.9 Å². The predicted octanol–water partition coefficient (Wildman–Crippen LogP) is 2.47. The Balaban J connectivity index is 1.68. The molecule has 7 nitrogen and oxygen atoms in total. The standard InChI is InChI=1S/C20H21N3O4S/c1-3-8-27-16-11-13(4-5-15(16)25-2)14-12-17(24)21-19-18(14)28-20(22-19)23-6-9-26-10-7-23/h1,4-5,11,14H,6-10,12H2,2H3,(H,21,24)/t14-/m0/s1. The molecule has 1 aromatic carbocycles. The summed E-state index contributed by atoms with van der Waals surface area (Å²) in [6.07, 6.45) is 5.67. The summed E-state index contributed by atoms with van der Waals surface area (Å²) < 4.78 is 16.4. The maximum atomic E-state index is 12.3. The molecule has 0 unspecified atom stereocenters. The number of carbonyl (C=O) groups excluding carboxylic acids is 1. The highest BCUT2D eigenvalue weighted by atomic mass is 32.1. The lowest BCUT2D eigenvalue weighted by Gasteiger charge is -2.26. The Labute approximate surface area is 167 Å². The van der Waals surface area contributed by atoms with Crippen LogP contribution < -0.4 is 19.7 Å².